The lowest BCUT2D eigenvalue weighted by Crippen LogP contribution is -2.52. The van der Waals surface area contributed by atoms with Crippen LogP contribution in [0.1, 0.15) is 12.5 Å². The monoisotopic (exact) mass is 566 g/mol. The number of methoxy groups -OCH3 is 1. The van der Waals surface area contributed by atoms with Crippen molar-refractivity contribution < 1.29 is 9.47 Å². The maximum atomic E-state index is 5.62. The van der Waals surface area contributed by atoms with Crippen molar-refractivity contribution in [3.05, 3.63) is 48.2 Å². The number of ether oxygens (including phenoxy) is 2. The summed E-state index contributed by atoms with van der Waals surface area (Å²) in [5.41, 5.74) is 2.38. The van der Waals surface area contributed by atoms with Gasteiger partial charge in [0.2, 0.25) is 0 Å². The quantitative estimate of drug-likeness (QED) is 0.340. The molecular formula is C24H35IN6O2. The van der Waals surface area contributed by atoms with Gasteiger partial charge in [0, 0.05) is 64.7 Å². The van der Waals surface area contributed by atoms with Gasteiger partial charge in [-0.05, 0) is 42.8 Å². The largest absolute Gasteiger partial charge is 0.497 e. The highest BCUT2D eigenvalue weighted by molar-refractivity contribution is 14.0. The van der Waals surface area contributed by atoms with Crippen LogP contribution < -0.4 is 19.9 Å². The first-order valence-electron chi connectivity index (χ1n) is 11.3. The third-order valence-electron chi connectivity index (χ3n) is 6.05. The Morgan fingerprint density at radius 1 is 1.09 bits per heavy atom. The maximum Gasteiger partial charge on any atom is 0.194 e. The van der Waals surface area contributed by atoms with Crippen LogP contribution in [0.25, 0.3) is 0 Å². The van der Waals surface area contributed by atoms with Crippen LogP contribution >= 0.6 is 24.0 Å². The number of halogens is 1. The van der Waals surface area contributed by atoms with E-state index in [1.807, 2.05) is 25.4 Å². The van der Waals surface area contributed by atoms with Crippen molar-refractivity contribution in [1.29, 1.82) is 0 Å². The molecule has 1 aromatic heterocycles. The molecule has 2 aliphatic rings. The van der Waals surface area contributed by atoms with E-state index in [-0.39, 0.29) is 30.1 Å². The zero-order valence-corrected chi connectivity index (χ0v) is 22.1. The lowest BCUT2D eigenvalue weighted by molar-refractivity contribution is 0.0529. The van der Waals surface area contributed by atoms with E-state index in [0.29, 0.717) is 6.54 Å². The number of nitrogens with zero attached hydrogens (tertiary/aromatic N) is 5. The summed E-state index contributed by atoms with van der Waals surface area (Å²) in [6.07, 6.45) is 2.21. The Hall–Kier alpha value is -2.27. The normalized spacial score (nSPS) is 19.2. The highest BCUT2D eigenvalue weighted by Crippen LogP contribution is 2.20. The van der Waals surface area contributed by atoms with Gasteiger partial charge in [-0.2, -0.15) is 0 Å². The minimum absolute atomic E-state index is 0. The second-order valence-electron chi connectivity index (χ2n) is 8.22. The summed E-state index contributed by atoms with van der Waals surface area (Å²) >= 11 is 0. The van der Waals surface area contributed by atoms with Gasteiger partial charge in [-0.15, -0.1) is 24.0 Å². The molecule has 2 aliphatic heterocycles. The van der Waals surface area contributed by atoms with Crippen LogP contribution in [0.4, 0.5) is 11.5 Å². The molecule has 8 nitrogen and oxygen atoms in total. The van der Waals surface area contributed by atoms with Crippen LogP contribution in [-0.2, 0) is 11.3 Å². The molecule has 1 unspecified atom stereocenters. The van der Waals surface area contributed by atoms with E-state index in [0.717, 1.165) is 69.0 Å². The average Bonchev–Trinajstić information content (AvgIpc) is 2.85. The lowest BCUT2D eigenvalue weighted by atomic mass is 10.2. The molecule has 9 heteroatoms. The highest BCUT2D eigenvalue weighted by atomic mass is 127. The number of pyridine rings is 1. The van der Waals surface area contributed by atoms with Gasteiger partial charge in [0.1, 0.15) is 11.6 Å². The van der Waals surface area contributed by atoms with Crippen LogP contribution in [0.3, 0.4) is 0 Å². The van der Waals surface area contributed by atoms with Gasteiger partial charge in [0.05, 0.1) is 19.8 Å². The molecule has 0 aliphatic carbocycles. The Labute approximate surface area is 214 Å². The third-order valence-corrected chi connectivity index (χ3v) is 6.05. The second-order valence-corrected chi connectivity index (χ2v) is 8.22. The van der Waals surface area contributed by atoms with Crippen LogP contribution in [0.15, 0.2) is 47.6 Å². The number of anilines is 2. The fourth-order valence-electron chi connectivity index (χ4n) is 4.22. The van der Waals surface area contributed by atoms with E-state index >= 15 is 0 Å². The number of piperazine rings is 1. The van der Waals surface area contributed by atoms with Crippen molar-refractivity contribution >= 4 is 41.4 Å². The molecule has 2 aromatic rings. The molecule has 3 heterocycles. The predicted molar refractivity (Wildman–Crippen MR) is 144 cm³/mol. The summed E-state index contributed by atoms with van der Waals surface area (Å²) < 4.78 is 10.9. The van der Waals surface area contributed by atoms with Crippen LogP contribution in [0.2, 0.25) is 0 Å². The van der Waals surface area contributed by atoms with Crippen molar-refractivity contribution in [2.75, 3.05) is 69.8 Å². The number of benzene rings is 1. The molecule has 33 heavy (non-hydrogen) atoms. The molecule has 0 amide bonds. The van der Waals surface area contributed by atoms with Crippen LogP contribution in [0.5, 0.6) is 5.75 Å². The molecule has 2 saturated heterocycles. The first-order chi connectivity index (χ1) is 15.7. The van der Waals surface area contributed by atoms with Crippen molar-refractivity contribution in [3.63, 3.8) is 0 Å². The van der Waals surface area contributed by atoms with E-state index in [2.05, 4.69) is 61.2 Å². The molecular weight excluding hydrogens is 531 g/mol. The smallest absolute Gasteiger partial charge is 0.194 e. The number of guanidine groups is 1. The number of rotatable bonds is 5. The molecule has 1 atom stereocenters. The minimum atomic E-state index is 0. The highest BCUT2D eigenvalue weighted by Gasteiger charge is 2.20. The first kappa shape index (κ1) is 25.4. The molecule has 2 fully saturated rings. The van der Waals surface area contributed by atoms with Gasteiger partial charge in [-0.1, -0.05) is 6.07 Å². The molecule has 0 spiro atoms. The van der Waals surface area contributed by atoms with Crippen molar-refractivity contribution in [2.45, 2.75) is 19.6 Å². The summed E-state index contributed by atoms with van der Waals surface area (Å²) in [4.78, 5) is 16.2. The zero-order chi connectivity index (χ0) is 22.3. The SMILES string of the molecule is CN=C(NCc1ccc(N2CCOC(C)C2)nc1)N1CCN(c2ccc(OC)cc2)CC1.I. The number of nitrogens with one attached hydrogen (secondary N) is 1. The molecule has 4 rings (SSSR count). The summed E-state index contributed by atoms with van der Waals surface area (Å²) in [5, 5.41) is 3.50. The predicted octanol–water partition coefficient (Wildman–Crippen LogP) is 2.83. The molecule has 180 valence electrons. The Balaban J connectivity index is 0.00000306. The Morgan fingerprint density at radius 2 is 1.85 bits per heavy atom. The van der Waals surface area contributed by atoms with Gasteiger partial charge in [-0.3, -0.25) is 4.99 Å². The number of aromatic nitrogens is 1. The minimum Gasteiger partial charge on any atom is -0.497 e. The van der Waals surface area contributed by atoms with E-state index in [4.69, 9.17) is 9.47 Å². The van der Waals surface area contributed by atoms with Gasteiger partial charge >= 0.3 is 0 Å². The summed E-state index contributed by atoms with van der Waals surface area (Å²) in [6.45, 7) is 9.13. The summed E-state index contributed by atoms with van der Waals surface area (Å²) in [6, 6.07) is 12.5. The van der Waals surface area contributed by atoms with Crippen LogP contribution in [-0.4, -0.2) is 82.0 Å². The van der Waals surface area contributed by atoms with Gasteiger partial charge < -0.3 is 29.5 Å². The van der Waals surface area contributed by atoms with Crippen LogP contribution in [0, 0.1) is 0 Å². The molecule has 1 N–H and O–H groups in total. The molecule has 0 saturated carbocycles. The first-order valence-corrected chi connectivity index (χ1v) is 11.3. The van der Waals surface area contributed by atoms with Crippen molar-refractivity contribution in [2.24, 2.45) is 4.99 Å². The molecule has 1 aromatic carbocycles. The summed E-state index contributed by atoms with van der Waals surface area (Å²) in [7, 11) is 3.54. The standard InChI is InChI=1S/C24H34N6O2.HI/c1-19-18-30(14-15-32-19)23-9-4-20(16-26-23)17-27-24(25-2)29-12-10-28(11-13-29)21-5-7-22(31-3)8-6-21;/h4-9,16,19H,10-15,17-18H2,1-3H3,(H,25,27);1H. The lowest BCUT2D eigenvalue weighted by Gasteiger charge is -2.37. The Kier molecular flexibility index (Phi) is 9.42. The van der Waals surface area contributed by atoms with E-state index < -0.39 is 0 Å². The van der Waals surface area contributed by atoms with Crippen molar-refractivity contribution in [1.82, 2.24) is 15.2 Å². The number of aliphatic imine (C=N–C) groups is 1. The molecule has 0 radical (unpaired) electrons. The summed E-state index contributed by atoms with van der Waals surface area (Å²) in [5.74, 6) is 2.84. The fourth-order valence-corrected chi connectivity index (χ4v) is 4.22. The number of hydrogen-bond acceptors (Lipinski definition) is 6. The van der Waals surface area contributed by atoms with Gasteiger partial charge in [0.25, 0.3) is 0 Å². The number of morpholine rings is 1. The van der Waals surface area contributed by atoms with Gasteiger partial charge in [0.15, 0.2) is 5.96 Å². The van der Waals surface area contributed by atoms with E-state index in [1.54, 1.807) is 7.11 Å². The Morgan fingerprint density at radius 3 is 2.45 bits per heavy atom. The van der Waals surface area contributed by atoms with Crippen molar-refractivity contribution in [3.8, 4) is 5.75 Å². The van der Waals surface area contributed by atoms with E-state index in [1.165, 1.54) is 5.69 Å². The number of hydrogen-bond donors (Lipinski definition) is 1. The zero-order valence-electron chi connectivity index (χ0n) is 19.7. The van der Waals surface area contributed by atoms with E-state index in [9.17, 15) is 0 Å². The average molecular weight is 566 g/mol. The maximum absolute atomic E-state index is 5.62. The molecule has 0 bridgehead atoms. The Bertz CT molecular complexity index is 885. The second kappa shape index (κ2) is 12.3. The fraction of sp³-hybridized carbons (Fsp3) is 0.500. The van der Waals surface area contributed by atoms with Gasteiger partial charge in [-0.25, -0.2) is 4.98 Å². The topological polar surface area (TPSA) is 65.5 Å². The third kappa shape index (κ3) is 6.63.